The standard InChI is InChI=1S/C12H15Cl2NO3S/c13-10-7-11(14)12(6-9(10)8-16)19(17,18)15-4-2-1-3-5-15/h6-7,16H,1-5,8H2. The van der Waals surface area contributed by atoms with Crippen molar-refractivity contribution in [3.05, 3.63) is 27.7 Å². The van der Waals surface area contributed by atoms with Crippen molar-refractivity contribution in [2.75, 3.05) is 13.1 Å². The molecule has 1 aromatic rings. The molecule has 1 N–H and O–H groups in total. The van der Waals surface area contributed by atoms with Gasteiger partial charge in [-0.25, -0.2) is 8.42 Å². The van der Waals surface area contributed by atoms with Crippen LogP contribution in [0.2, 0.25) is 10.0 Å². The van der Waals surface area contributed by atoms with Crippen LogP contribution in [0, 0.1) is 0 Å². The van der Waals surface area contributed by atoms with Crippen molar-refractivity contribution < 1.29 is 13.5 Å². The summed E-state index contributed by atoms with van der Waals surface area (Å²) in [5.74, 6) is 0. The van der Waals surface area contributed by atoms with Gasteiger partial charge in [0, 0.05) is 18.1 Å². The summed E-state index contributed by atoms with van der Waals surface area (Å²) in [4.78, 5) is 0.0181. The zero-order chi connectivity index (χ0) is 14.0. The van der Waals surface area contributed by atoms with Crippen LogP contribution in [0.25, 0.3) is 0 Å². The summed E-state index contributed by atoms with van der Waals surface area (Å²) in [6, 6.07) is 2.72. The predicted octanol–water partition coefficient (Wildman–Crippen LogP) is 2.66. The second-order valence-corrected chi connectivity index (χ2v) is 7.22. The maximum Gasteiger partial charge on any atom is 0.244 e. The molecule has 0 bridgehead atoms. The molecule has 0 atom stereocenters. The maximum absolute atomic E-state index is 12.5. The first-order chi connectivity index (χ1) is 8.96. The number of aliphatic hydroxyl groups is 1. The van der Waals surface area contributed by atoms with Gasteiger partial charge < -0.3 is 5.11 Å². The van der Waals surface area contributed by atoms with E-state index in [1.807, 2.05) is 0 Å². The summed E-state index contributed by atoms with van der Waals surface area (Å²) in [6.07, 6.45) is 2.76. The van der Waals surface area contributed by atoms with Crippen LogP contribution in [0.4, 0.5) is 0 Å². The average Bonchev–Trinajstić information content (AvgIpc) is 2.39. The van der Waals surface area contributed by atoms with Gasteiger partial charge in [-0.15, -0.1) is 0 Å². The predicted molar refractivity (Wildman–Crippen MR) is 75.0 cm³/mol. The van der Waals surface area contributed by atoms with Crippen LogP contribution < -0.4 is 0 Å². The molecule has 0 aliphatic carbocycles. The van der Waals surface area contributed by atoms with Gasteiger partial charge in [-0.1, -0.05) is 29.6 Å². The van der Waals surface area contributed by atoms with Crippen LogP contribution in [0.3, 0.4) is 0 Å². The third-order valence-corrected chi connectivity index (χ3v) is 5.92. The Balaban J connectivity index is 2.44. The van der Waals surface area contributed by atoms with Crippen LogP contribution in [0.5, 0.6) is 0 Å². The summed E-state index contributed by atoms with van der Waals surface area (Å²) in [6.45, 7) is 0.698. The molecular weight excluding hydrogens is 309 g/mol. The van der Waals surface area contributed by atoms with Crippen molar-refractivity contribution in [2.24, 2.45) is 0 Å². The molecule has 2 rings (SSSR count). The zero-order valence-corrected chi connectivity index (χ0v) is 12.6. The molecule has 19 heavy (non-hydrogen) atoms. The Labute approximate surface area is 123 Å². The van der Waals surface area contributed by atoms with E-state index in [1.165, 1.54) is 16.4 Å². The van der Waals surface area contributed by atoms with E-state index in [-0.39, 0.29) is 21.5 Å². The molecule has 106 valence electrons. The molecule has 4 nitrogen and oxygen atoms in total. The summed E-state index contributed by atoms with van der Waals surface area (Å²) in [7, 11) is -3.61. The molecule has 0 aromatic heterocycles. The van der Waals surface area contributed by atoms with E-state index >= 15 is 0 Å². The molecule has 1 aromatic carbocycles. The molecule has 0 unspecified atom stereocenters. The molecule has 1 saturated heterocycles. The van der Waals surface area contributed by atoms with Crippen LogP contribution in [-0.2, 0) is 16.6 Å². The summed E-state index contributed by atoms with van der Waals surface area (Å²) >= 11 is 11.9. The Hall–Kier alpha value is -0.330. The summed E-state index contributed by atoms with van der Waals surface area (Å²) in [5, 5.41) is 9.53. The minimum Gasteiger partial charge on any atom is -0.392 e. The summed E-state index contributed by atoms with van der Waals surface area (Å²) in [5.41, 5.74) is 0.363. The second-order valence-electron chi connectivity index (χ2n) is 4.50. The van der Waals surface area contributed by atoms with Crippen molar-refractivity contribution in [1.82, 2.24) is 4.31 Å². The van der Waals surface area contributed by atoms with Gasteiger partial charge in [0.15, 0.2) is 0 Å². The quantitative estimate of drug-likeness (QED) is 0.930. The van der Waals surface area contributed by atoms with E-state index in [9.17, 15) is 13.5 Å². The number of sulfonamides is 1. The van der Waals surface area contributed by atoms with E-state index in [0.29, 0.717) is 18.7 Å². The fourth-order valence-electron chi connectivity index (χ4n) is 2.13. The molecule has 1 fully saturated rings. The van der Waals surface area contributed by atoms with E-state index in [2.05, 4.69) is 0 Å². The number of rotatable bonds is 3. The second kappa shape index (κ2) is 5.97. The van der Waals surface area contributed by atoms with E-state index in [1.54, 1.807) is 0 Å². The van der Waals surface area contributed by atoms with Crippen LogP contribution >= 0.6 is 23.2 Å². The Kier molecular flexibility index (Phi) is 4.74. The Morgan fingerprint density at radius 3 is 2.32 bits per heavy atom. The molecule has 7 heteroatoms. The number of aliphatic hydroxyl groups excluding tert-OH is 1. The molecule has 0 amide bonds. The van der Waals surface area contributed by atoms with E-state index in [0.717, 1.165) is 19.3 Å². The average molecular weight is 324 g/mol. The lowest BCUT2D eigenvalue weighted by atomic mass is 10.2. The van der Waals surface area contributed by atoms with Crippen molar-refractivity contribution in [1.29, 1.82) is 0 Å². The molecule has 0 radical (unpaired) electrons. The Morgan fingerprint density at radius 2 is 1.74 bits per heavy atom. The van der Waals surface area contributed by atoms with Crippen LogP contribution in [-0.4, -0.2) is 30.9 Å². The van der Waals surface area contributed by atoms with Gasteiger partial charge in [0.05, 0.1) is 11.6 Å². The van der Waals surface area contributed by atoms with Gasteiger partial charge in [-0.2, -0.15) is 4.31 Å². The third kappa shape index (κ3) is 3.06. The lowest BCUT2D eigenvalue weighted by Gasteiger charge is -2.26. The van der Waals surface area contributed by atoms with Gasteiger partial charge in [-0.05, 0) is 30.5 Å². The highest BCUT2D eigenvalue weighted by atomic mass is 35.5. The van der Waals surface area contributed by atoms with Crippen molar-refractivity contribution in [3.8, 4) is 0 Å². The zero-order valence-electron chi connectivity index (χ0n) is 10.3. The fourth-order valence-corrected chi connectivity index (χ4v) is 4.48. The summed E-state index contributed by atoms with van der Waals surface area (Å²) < 4.78 is 26.4. The number of piperidine rings is 1. The molecule has 1 heterocycles. The highest BCUT2D eigenvalue weighted by molar-refractivity contribution is 7.89. The third-order valence-electron chi connectivity index (χ3n) is 3.20. The molecule has 1 aliphatic rings. The van der Waals surface area contributed by atoms with Gasteiger partial charge in [-0.3, -0.25) is 0 Å². The van der Waals surface area contributed by atoms with E-state index < -0.39 is 10.0 Å². The topological polar surface area (TPSA) is 57.6 Å². The largest absolute Gasteiger partial charge is 0.392 e. The smallest absolute Gasteiger partial charge is 0.244 e. The SMILES string of the molecule is O=S(=O)(c1cc(CO)c(Cl)cc1Cl)N1CCCCC1. The minimum atomic E-state index is -3.61. The number of nitrogens with zero attached hydrogens (tertiary/aromatic N) is 1. The molecule has 1 aliphatic heterocycles. The van der Waals surface area contributed by atoms with Crippen molar-refractivity contribution >= 4 is 33.2 Å². The molecule has 0 saturated carbocycles. The number of hydrogen-bond donors (Lipinski definition) is 1. The molecular formula is C12H15Cl2NO3S. The maximum atomic E-state index is 12.5. The van der Waals surface area contributed by atoms with Gasteiger partial charge >= 0.3 is 0 Å². The van der Waals surface area contributed by atoms with Crippen molar-refractivity contribution in [3.63, 3.8) is 0 Å². The van der Waals surface area contributed by atoms with Gasteiger partial charge in [0.1, 0.15) is 4.90 Å². The Morgan fingerprint density at radius 1 is 1.11 bits per heavy atom. The number of benzene rings is 1. The first-order valence-electron chi connectivity index (χ1n) is 6.05. The van der Waals surface area contributed by atoms with Crippen molar-refractivity contribution in [2.45, 2.75) is 30.8 Å². The highest BCUT2D eigenvalue weighted by Gasteiger charge is 2.28. The lowest BCUT2D eigenvalue weighted by molar-refractivity contribution is 0.281. The van der Waals surface area contributed by atoms with Gasteiger partial charge in [0.25, 0.3) is 0 Å². The minimum absolute atomic E-state index is 0.0181. The number of halogens is 2. The first kappa shape index (κ1) is 15.1. The normalized spacial score (nSPS) is 17.6. The number of hydrogen-bond acceptors (Lipinski definition) is 3. The molecule has 0 spiro atoms. The Bertz CT molecular complexity index is 569. The van der Waals surface area contributed by atoms with Crippen LogP contribution in [0.1, 0.15) is 24.8 Å². The van der Waals surface area contributed by atoms with Crippen LogP contribution in [0.15, 0.2) is 17.0 Å². The highest BCUT2D eigenvalue weighted by Crippen LogP contribution is 2.31. The lowest BCUT2D eigenvalue weighted by Crippen LogP contribution is -2.35. The van der Waals surface area contributed by atoms with E-state index in [4.69, 9.17) is 23.2 Å². The first-order valence-corrected chi connectivity index (χ1v) is 8.25. The van der Waals surface area contributed by atoms with Gasteiger partial charge in [0.2, 0.25) is 10.0 Å². The fraction of sp³-hybridized carbons (Fsp3) is 0.500. The monoisotopic (exact) mass is 323 g/mol.